The number of aliphatic hydroxyl groups excluding tert-OH is 1. The monoisotopic (exact) mass is 671 g/mol. The highest BCUT2D eigenvalue weighted by Gasteiger charge is 2.38. The van der Waals surface area contributed by atoms with Gasteiger partial charge in [0.25, 0.3) is 17.7 Å². The van der Waals surface area contributed by atoms with Crippen LogP contribution in [0, 0.1) is 0 Å². The predicted molar refractivity (Wildman–Crippen MR) is 175 cm³/mol. The summed E-state index contributed by atoms with van der Waals surface area (Å²) in [5, 5.41) is 15.3. The van der Waals surface area contributed by atoms with Gasteiger partial charge in [0.2, 0.25) is 5.91 Å². The highest BCUT2D eigenvalue weighted by molar-refractivity contribution is 6.39. The van der Waals surface area contributed by atoms with Crippen molar-refractivity contribution in [3.8, 4) is 0 Å². The molecule has 0 saturated heterocycles. The average Bonchev–Trinajstić information content (AvgIpc) is 3.17. The summed E-state index contributed by atoms with van der Waals surface area (Å²) in [6.45, 7) is 0.465. The van der Waals surface area contributed by atoms with Crippen molar-refractivity contribution in [1.82, 2.24) is 10.6 Å². The van der Waals surface area contributed by atoms with Gasteiger partial charge in [0.05, 0.1) is 46.3 Å². The molecule has 1 aliphatic rings. The summed E-state index contributed by atoms with van der Waals surface area (Å²) in [5.74, 6) is -2.65. The lowest BCUT2D eigenvalue weighted by atomic mass is 10.1. The van der Waals surface area contributed by atoms with E-state index < -0.39 is 55.2 Å². The first-order valence-corrected chi connectivity index (χ1v) is 15.2. The molecule has 0 aromatic heterocycles. The van der Waals surface area contributed by atoms with Crippen LogP contribution < -0.4 is 26.2 Å². The molecule has 3 atom stereocenters. The summed E-state index contributed by atoms with van der Waals surface area (Å²) in [4.78, 5) is 56.1. The minimum Gasteiger partial charge on any atom is -0.396 e. The second-order valence-corrected chi connectivity index (χ2v) is 11.3. The van der Waals surface area contributed by atoms with Gasteiger partial charge in [0.15, 0.2) is 6.29 Å². The Hall–Kier alpha value is -4.20. The third-order valence-electron chi connectivity index (χ3n) is 7.38. The van der Waals surface area contributed by atoms with Crippen LogP contribution in [0.5, 0.6) is 0 Å². The Kier molecular flexibility index (Phi) is 12.0. The summed E-state index contributed by atoms with van der Waals surface area (Å²) in [6.07, 6.45) is -0.335. The van der Waals surface area contributed by atoms with Crippen LogP contribution in [0.15, 0.2) is 66.7 Å². The molecule has 0 radical (unpaired) electrons. The fourth-order valence-electron chi connectivity index (χ4n) is 5.00. The lowest BCUT2D eigenvalue weighted by molar-refractivity contribution is -0.155. The zero-order chi connectivity index (χ0) is 33.4. The third kappa shape index (κ3) is 8.14. The molecule has 0 unspecified atom stereocenters. The molecule has 0 aliphatic carbocycles. The van der Waals surface area contributed by atoms with Crippen molar-refractivity contribution in [2.24, 2.45) is 0 Å². The molecule has 14 heteroatoms. The van der Waals surface area contributed by atoms with Gasteiger partial charge in [-0.1, -0.05) is 72.6 Å². The van der Waals surface area contributed by atoms with E-state index in [0.29, 0.717) is 6.42 Å². The number of nitrogen functional groups attached to an aromatic ring is 1. The van der Waals surface area contributed by atoms with E-state index in [9.17, 15) is 24.3 Å². The van der Waals surface area contributed by atoms with Gasteiger partial charge in [-0.15, -0.1) is 0 Å². The summed E-state index contributed by atoms with van der Waals surface area (Å²) in [5.41, 5.74) is 7.34. The molecule has 5 N–H and O–H groups in total. The molecule has 46 heavy (non-hydrogen) atoms. The highest BCUT2D eigenvalue weighted by Crippen LogP contribution is 2.33. The Morgan fingerprint density at radius 2 is 1.67 bits per heavy atom. The van der Waals surface area contributed by atoms with Crippen LogP contribution in [0.4, 0.5) is 17.1 Å². The van der Waals surface area contributed by atoms with Gasteiger partial charge < -0.3 is 35.8 Å². The maximum absolute atomic E-state index is 14.1. The molecule has 12 nitrogen and oxygen atoms in total. The fraction of sp³-hybridized carbons (Fsp3) is 0.312. The van der Waals surface area contributed by atoms with Crippen molar-refractivity contribution in [3.63, 3.8) is 0 Å². The summed E-state index contributed by atoms with van der Waals surface area (Å²) < 4.78 is 11.5. The van der Waals surface area contributed by atoms with Crippen molar-refractivity contribution in [2.75, 3.05) is 42.3 Å². The van der Waals surface area contributed by atoms with E-state index in [1.54, 1.807) is 24.3 Å². The number of carbonyl (C=O) groups excluding carboxylic acids is 4. The van der Waals surface area contributed by atoms with Crippen LogP contribution in [0.1, 0.15) is 29.3 Å². The number of benzene rings is 3. The molecule has 4 rings (SSSR count). The van der Waals surface area contributed by atoms with Crippen molar-refractivity contribution >= 4 is 63.9 Å². The number of hydrogen-bond acceptors (Lipinski definition) is 8. The lowest BCUT2D eigenvalue weighted by Gasteiger charge is -2.29. The molecule has 3 aromatic carbocycles. The van der Waals surface area contributed by atoms with Gasteiger partial charge in [-0.3, -0.25) is 24.1 Å². The number of halogens is 2. The van der Waals surface area contributed by atoms with Crippen LogP contribution >= 0.6 is 23.2 Å². The Morgan fingerprint density at radius 1 is 1.04 bits per heavy atom. The molecule has 0 saturated carbocycles. The van der Waals surface area contributed by atoms with Crippen molar-refractivity contribution in [2.45, 2.75) is 38.3 Å². The molecule has 1 heterocycles. The highest BCUT2D eigenvalue weighted by atomic mass is 35.5. The number of aliphatic hydroxyl groups is 1. The lowest BCUT2D eigenvalue weighted by Crippen LogP contribution is -2.55. The van der Waals surface area contributed by atoms with E-state index >= 15 is 0 Å². The second kappa shape index (κ2) is 15.9. The molecule has 4 amide bonds. The van der Waals surface area contributed by atoms with Crippen LogP contribution in [0.25, 0.3) is 0 Å². The van der Waals surface area contributed by atoms with E-state index in [2.05, 4.69) is 10.6 Å². The SMILES string of the molecule is CC[C@H](NC(=O)CN1C(=O)[C@@H](NC(=O)c2cc(Cl)c(N)c(Cl)c2)CN(C(=O)CO)c2ccccc21)[C@@H](OC)OCc1ccccc1. The number of para-hydroxylation sites is 2. The fourth-order valence-corrected chi connectivity index (χ4v) is 5.48. The Morgan fingerprint density at radius 3 is 2.28 bits per heavy atom. The standard InChI is InChI=1S/C32H35Cl2N5O7/c1-3-23(32(45-2)46-18-19-9-5-4-6-10-19)36-27(41)16-39-26-12-8-7-11-25(26)38(28(42)17-40)15-24(31(39)44)37-30(43)20-13-21(33)29(35)22(34)14-20/h4-14,23-24,32,40H,3,15-18,35H2,1-2H3,(H,36,41)(H,37,43)/t23-,24-,32-/m0/s1. The van der Waals surface area contributed by atoms with Crippen LogP contribution in [0.2, 0.25) is 10.0 Å². The number of nitrogens with one attached hydrogen (secondary N) is 2. The first-order valence-electron chi connectivity index (χ1n) is 14.4. The summed E-state index contributed by atoms with van der Waals surface area (Å²) in [7, 11) is 1.47. The van der Waals surface area contributed by atoms with Gasteiger partial charge in [-0.05, 0) is 36.2 Å². The maximum Gasteiger partial charge on any atom is 0.252 e. The Bertz CT molecular complexity index is 1550. The first kappa shape index (κ1) is 34.7. The summed E-state index contributed by atoms with van der Waals surface area (Å²) >= 11 is 12.2. The number of hydrogen-bond donors (Lipinski definition) is 4. The zero-order valence-corrected chi connectivity index (χ0v) is 26.8. The van der Waals surface area contributed by atoms with Gasteiger partial charge in [-0.2, -0.15) is 0 Å². The summed E-state index contributed by atoms with van der Waals surface area (Å²) in [6, 6.07) is 16.6. The number of ether oxygens (including phenoxy) is 2. The minimum atomic E-state index is -1.33. The topological polar surface area (TPSA) is 164 Å². The molecular weight excluding hydrogens is 637 g/mol. The number of nitrogens with two attached hydrogens (primary N) is 1. The molecule has 0 bridgehead atoms. The van der Waals surface area contributed by atoms with Crippen molar-refractivity contribution in [1.29, 1.82) is 0 Å². The number of methoxy groups -OCH3 is 1. The molecule has 3 aromatic rings. The quantitative estimate of drug-likeness (QED) is 0.169. The number of anilines is 3. The van der Waals surface area contributed by atoms with Crippen LogP contribution in [0.3, 0.4) is 0 Å². The molecule has 0 spiro atoms. The zero-order valence-electron chi connectivity index (χ0n) is 25.2. The van der Waals surface area contributed by atoms with Crippen LogP contribution in [-0.2, 0) is 30.5 Å². The van der Waals surface area contributed by atoms with Gasteiger partial charge in [0.1, 0.15) is 19.2 Å². The maximum atomic E-state index is 14.1. The van der Waals surface area contributed by atoms with Crippen LogP contribution in [-0.4, -0.2) is 73.9 Å². The molecule has 1 aliphatic heterocycles. The van der Waals surface area contributed by atoms with Gasteiger partial charge in [-0.25, -0.2) is 0 Å². The molecule has 244 valence electrons. The minimum absolute atomic E-state index is 0.0231. The van der Waals surface area contributed by atoms with E-state index in [1.165, 1.54) is 29.0 Å². The van der Waals surface area contributed by atoms with Gasteiger partial charge >= 0.3 is 0 Å². The molecule has 0 fully saturated rings. The van der Waals surface area contributed by atoms with E-state index in [1.807, 2.05) is 37.3 Å². The Labute approximate surface area is 276 Å². The largest absolute Gasteiger partial charge is 0.396 e. The van der Waals surface area contributed by atoms with E-state index in [0.717, 1.165) is 5.56 Å². The predicted octanol–water partition coefficient (Wildman–Crippen LogP) is 3.13. The third-order valence-corrected chi connectivity index (χ3v) is 8.01. The van der Waals surface area contributed by atoms with E-state index in [-0.39, 0.29) is 45.8 Å². The van der Waals surface area contributed by atoms with Gasteiger partial charge in [0, 0.05) is 12.7 Å². The average molecular weight is 673 g/mol. The number of carbonyl (C=O) groups is 4. The first-order chi connectivity index (χ1) is 22.1. The second-order valence-electron chi connectivity index (χ2n) is 10.4. The van der Waals surface area contributed by atoms with Crippen molar-refractivity contribution in [3.05, 3.63) is 87.9 Å². The molecular formula is C32H35Cl2N5O7. The Balaban J connectivity index is 1.59. The van der Waals surface area contributed by atoms with E-state index in [4.69, 9.17) is 38.4 Å². The smallest absolute Gasteiger partial charge is 0.252 e. The number of nitrogens with zero attached hydrogens (tertiary/aromatic N) is 2. The number of fused-ring (bicyclic) bond motifs is 1. The number of amides is 4. The normalized spacial score (nSPS) is 15.8. The number of rotatable bonds is 12. The van der Waals surface area contributed by atoms with Crippen molar-refractivity contribution < 1.29 is 33.8 Å².